The van der Waals surface area contributed by atoms with Crippen LogP contribution in [0.15, 0.2) is 75.5 Å². The van der Waals surface area contributed by atoms with Crippen LogP contribution in [0.1, 0.15) is 67.5 Å². The highest BCUT2D eigenvalue weighted by Crippen LogP contribution is 2.33. The van der Waals surface area contributed by atoms with Gasteiger partial charge >= 0.3 is 0 Å². The monoisotopic (exact) mass is 493 g/mol. The molecule has 0 radical (unpaired) electrons. The van der Waals surface area contributed by atoms with Gasteiger partial charge in [0.05, 0.1) is 18.3 Å². The van der Waals surface area contributed by atoms with Crippen LogP contribution >= 0.6 is 23.9 Å². The van der Waals surface area contributed by atoms with E-state index in [1.165, 1.54) is 20.9 Å². The summed E-state index contributed by atoms with van der Waals surface area (Å²) < 4.78 is 15.1. The fourth-order valence-corrected chi connectivity index (χ4v) is 5.68. The van der Waals surface area contributed by atoms with E-state index in [-0.39, 0.29) is 12.1 Å². The fraction of sp³-hybridized carbons (Fsp3) is 0.357. The Bertz CT molecular complexity index is 1220. The quantitative estimate of drug-likeness (QED) is 0.195. The first kappa shape index (κ1) is 24.8. The van der Waals surface area contributed by atoms with E-state index in [4.69, 9.17) is 4.98 Å². The molecule has 178 valence electrons. The van der Waals surface area contributed by atoms with Crippen molar-refractivity contribution in [2.24, 2.45) is 0 Å². The van der Waals surface area contributed by atoms with Crippen LogP contribution in [0.5, 0.6) is 0 Å². The van der Waals surface area contributed by atoms with E-state index in [9.17, 15) is 3.89 Å². The third kappa shape index (κ3) is 6.02. The third-order valence-electron chi connectivity index (χ3n) is 6.25. The predicted molar refractivity (Wildman–Crippen MR) is 142 cm³/mol. The van der Waals surface area contributed by atoms with Gasteiger partial charge in [0.2, 0.25) is 0 Å². The summed E-state index contributed by atoms with van der Waals surface area (Å²) in [6.07, 6.45) is 8.21. The minimum atomic E-state index is 0.221. The molecular weight excluding hydrogens is 461 g/mol. The number of nitrogens with zero attached hydrogens (tertiary/aromatic N) is 3. The number of rotatable bonds is 11. The first-order chi connectivity index (χ1) is 16.6. The molecule has 2 heterocycles. The summed E-state index contributed by atoms with van der Waals surface area (Å²) in [5.41, 5.74) is 5.41. The molecule has 0 aliphatic heterocycles. The molecule has 0 spiro atoms. The molecule has 0 saturated heterocycles. The Morgan fingerprint density at radius 1 is 0.971 bits per heavy atom. The average Bonchev–Trinajstić information content (AvgIpc) is 3.27. The van der Waals surface area contributed by atoms with Crippen LogP contribution in [0.2, 0.25) is 0 Å². The van der Waals surface area contributed by atoms with E-state index in [2.05, 4.69) is 73.5 Å². The molecule has 0 N–H and O–H groups in total. The molecule has 0 aliphatic carbocycles. The van der Waals surface area contributed by atoms with Gasteiger partial charge in [-0.3, -0.25) is 0 Å². The zero-order valence-electron chi connectivity index (χ0n) is 20.1. The summed E-state index contributed by atoms with van der Waals surface area (Å²) in [6.45, 7) is 6.36. The highest BCUT2D eigenvalue weighted by atomic mass is 32.2. The first-order valence-electron chi connectivity index (χ1n) is 12.0. The van der Waals surface area contributed by atoms with Crippen molar-refractivity contribution in [2.75, 3.05) is 0 Å². The summed E-state index contributed by atoms with van der Waals surface area (Å²) in [6, 6.07) is 19.6. The van der Waals surface area contributed by atoms with E-state index in [0.717, 1.165) is 49.9 Å². The van der Waals surface area contributed by atoms with E-state index < -0.39 is 0 Å². The van der Waals surface area contributed by atoms with Crippen LogP contribution < -0.4 is 0 Å². The van der Waals surface area contributed by atoms with Crippen molar-refractivity contribution in [3.05, 3.63) is 83.3 Å². The van der Waals surface area contributed by atoms with Crippen molar-refractivity contribution in [1.82, 2.24) is 14.6 Å². The van der Waals surface area contributed by atoms with E-state index >= 15 is 0 Å². The van der Waals surface area contributed by atoms with E-state index in [1.54, 1.807) is 10.7 Å². The van der Waals surface area contributed by atoms with Crippen LogP contribution in [0.25, 0.3) is 5.65 Å². The van der Waals surface area contributed by atoms with Gasteiger partial charge in [-0.25, -0.2) is 9.50 Å². The van der Waals surface area contributed by atoms with E-state index in [0.29, 0.717) is 16.5 Å². The second-order valence-electron chi connectivity index (χ2n) is 8.90. The normalized spacial score (nSPS) is 12.4. The Labute approximate surface area is 210 Å². The molecule has 6 heteroatoms. The van der Waals surface area contributed by atoms with Crippen LogP contribution in [0.3, 0.4) is 0 Å². The second-order valence-corrected chi connectivity index (χ2v) is 10.6. The minimum Gasteiger partial charge on any atom is -0.232 e. The molecule has 0 aliphatic rings. The van der Waals surface area contributed by atoms with Gasteiger partial charge in [-0.05, 0) is 69.4 Å². The topological polar surface area (TPSA) is 30.2 Å². The Morgan fingerprint density at radius 3 is 2.53 bits per heavy atom. The zero-order chi connectivity index (χ0) is 23.9. The average molecular weight is 494 g/mol. The number of fused-ring (bicyclic) bond motifs is 1. The maximum Gasteiger partial charge on any atom is 0.171 e. The number of halogens is 1. The lowest BCUT2D eigenvalue weighted by atomic mass is 9.92. The minimum absolute atomic E-state index is 0.221. The molecule has 0 saturated carbocycles. The van der Waals surface area contributed by atoms with Gasteiger partial charge in [0.25, 0.3) is 0 Å². The lowest BCUT2D eigenvalue weighted by Gasteiger charge is -2.17. The number of unbranched alkanes of at least 4 members (excludes halogenated alkanes) is 1. The Kier molecular flexibility index (Phi) is 8.68. The van der Waals surface area contributed by atoms with Crippen molar-refractivity contribution in [3.8, 4) is 0 Å². The highest BCUT2D eigenvalue weighted by Gasteiger charge is 2.17. The molecule has 4 rings (SSSR count). The number of benzene rings is 2. The maximum absolute atomic E-state index is 13.3. The number of hydrogen-bond donors (Lipinski definition) is 0. The fourth-order valence-electron chi connectivity index (χ4n) is 4.42. The summed E-state index contributed by atoms with van der Waals surface area (Å²) in [5.74, 6) is 0.387. The van der Waals surface area contributed by atoms with Gasteiger partial charge in [0, 0.05) is 27.1 Å². The Balaban J connectivity index is 1.40. The smallest absolute Gasteiger partial charge is 0.171 e. The van der Waals surface area contributed by atoms with Crippen molar-refractivity contribution in [2.45, 2.75) is 79.9 Å². The van der Waals surface area contributed by atoms with Gasteiger partial charge < -0.3 is 0 Å². The highest BCUT2D eigenvalue weighted by molar-refractivity contribution is 7.99. The lowest BCUT2D eigenvalue weighted by molar-refractivity contribution is 0.520. The molecule has 1 atom stereocenters. The molecule has 0 fully saturated rings. The summed E-state index contributed by atoms with van der Waals surface area (Å²) >= 11 is 2.07. The SMILES string of the molecule is CCCC(CCCCc1ccccc1Sc1ccc(C)cc1)c1cc(C)n2ncc(SF)c2n1. The Hall–Kier alpha value is -2.31. The van der Waals surface area contributed by atoms with Gasteiger partial charge in [-0.2, -0.15) is 8.98 Å². The van der Waals surface area contributed by atoms with Crippen LogP contribution in [-0.2, 0) is 6.42 Å². The Morgan fingerprint density at radius 2 is 1.76 bits per heavy atom. The number of aryl methyl sites for hydroxylation is 3. The van der Waals surface area contributed by atoms with Crippen molar-refractivity contribution < 1.29 is 3.89 Å². The maximum atomic E-state index is 13.3. The predicted octanol–water partition coefficient (Wildman–Crippen LogP) is 8.77. The van der Waals surface area contributed by atoms with Crippen LogP contribution in [-0.4, -0.2) is 14.6 Å². The molecule has 0 amide bonds. The largest absolute Gasteiger partial charge is 0.232 e. The molecule has 3 nitrogen and oxygen atoms in total. The van der Waals surface area contributed by atoms with Crippen molar-refractivity contribution in [1.29, 1.82) is 0 Å². The molecule has 0 bridgehead atoms. The molecule has 4 aromatic rings. The van der Waals surface area contributed by atoms with Gasteiger partial charge in [0.1, 0.15) is 4.90 Å². The van der Waals surface area contributed by atoms with Crippen molar-refractivity contribution >= 4 is 29.6 Å². The summed E-state index contributed by atoms with van der Waals surface area (Å²) in [5, 5.41) is 4.28. The van der Waals surface area contributed by atoms with E-state index in [1.807, 2.05) is 18.7 Å². The second kappa shape index (κ2) is 11.9. The standard InChI is InChI=1S/C28H32FN3S2/c1-4-9-22(25-18-21(3)32-28(31-25)27(34-29)19-30-32)10-5-6-11-23-12-7-8-13-26(23)33-24-16-14-20(2)15-17-24/h7-8,12-19,22H,4-6,9-11H2,1-3H3. The van der Waals surface area contributed by atoms with Gasteiger partial charge in [-0.1, -0.05) is 67.4 Å². The molecule has 2 aromatic carbocycles. The lowest BCUT2D eigenvalue weighted by Crippen LogP contribution is -2.06. The van der Waals surface area contributed by atoms with Crippen LogP contribution in [0, 0.1) is 13.8 Å². The summed E-state index contributed by atoms with van der Waals surface area (Å²) in [4.78, 5) is 7.94. The third-order valence-corrected chi connectivity index (χ3v) is 7.83. The van der Waals surface area contributed by atoms with Crippen molar-refractivity contribution in [3.63, 3.8) is 0 Å². The van der Waals surface area contributed by atoms with Gasteiger partial charge in [0.15, 0.2) is 5.65 Å². The number of hydrogen-bond acceptors (Lipinski definition) is 4. The molecule has 34 heavy (non-hydrogen) atoms. The molecule has 1 unspecified atom stereocenters. The van der Waals surface area contributed by atoms with Crippen LogP contribution in [0.4, 0.5) is 3.89 Å². The zero-order valence-corrected chi connectivity index (χ0v) is 21.8. The molecule has 2 aromatic heterocycles. The summed E-state index contributed by atoms with van der Waals surface area (Å²) in [7, 11) is 0. The molecular formula is C28H32FN3S2. The van der Waals surface area contributed by atoms with Gasteiger partial charge in [-0.15, -0.1) is 0 Å². The number of aromatic nitrogens is 3. The first-order valence-corrected chi connectivity index (χ1v) is 13.6.